The lowest BCUT2D eigenvalue weighted by molar-refractivity contribution is 0.280. The molecular weight excluding hydrogens is 268 g/mol. The Kier molecular flexibility index (Phi) is 5.19. The molecule has 1 aromatic carbocycles. The molecule has 0 aliphatic carbocycles. The maximum atomic E-state index is 5.76. The molecule has 2 aromatic rings. The molecule has 0 saturated carbocycles. The minimum atomic E-state index is -0.0859. The van der Waals surface area contributed by atoms with Crippen LogP contribution >= 0.6 is 0 Å². The molecule has 0 aliphatic heterocycles. The lowest BCUT2D eigenvalue weighted by Crippen LogP contribution is -2.31. The molecule has 0 saturated heterocycles. The van der Waals surface area contributed by atoms with Gasteiger partial charge in [-0.1, -0.05) is 12.1 Å². The number of methoxy groups -OCH3 is 1. The van der Waals surface area contributed by atoms with E-state index in [1.165, 1.54) is 5.56 Å². The maximum Gasteiger partial charge on any atom is 0.161 e. The fraction of sp³-hybridized carbons (Fsp3) is 0.400. The van der Waals surface area contributed by atoms with Crippen molar-refractivity contribution >= 4 is 0 Å². The summed E-state index contributed by atoms with van der Waals surface area (Å²) >= 11 is 0. The number of nitrogens with one attached hydrogen (secondary N) is 1. The molecule has 1 aromatic heterocycles. The summed E-state index contributed by atoms with van der Waals surface area (Å²) in [4.78, 5) is 0. The number of rotatable bonds is 7. The maximum absolute atomic E-state index is 5.76. The monoisotopic (exact) mass is 290 g/mol. The Bertz CT molecular complexity index is 583. The van der Waals surface area contributed by atoms with Gasteiger partial charge < -0.3 is 9.47 Å². The topological polar surface area (TPSA) is 74.3 Å². The molecule has 3 N–H and O–H groups in total. The van der Waals surface area contributed by atoms with Crippen molar-refractivity contribution in [2.24, 2.45) is 12.9 Å². The fourth-order valence-corrected chi connectivity index (χ4v) is 2.28. The number of aryl methyl sites for hydroxylation is 2. The van der Waals surface area contributed by atoms with Crippen molar-refractivity contribution in [1.29, 1.82) is 0 Å². The van der Waals surface area contributed by atoms with E-state index < -0.39 is 0 Å². The quantitative estimate of drug-likeness (QED) is 0.600. The molecule has 1 heterocycles. The van der Waals surface area contributed by atoms with E-state index in [1.54, 1.807) is 18.0 Å². The predicted octanol–water partition coefficient (Wildman–Crippen LogP) is 1.71. The number of hydrogen-bond acceptors (Lipinski definition) is 5. The van der Waals surface area contributed by atoms with E-state index in [4.69, 9.17) is 15.3 Å². The Hall–Kier alpha value is -2.05. The van der Waals surface area contributed by atoms with Gasteiger partial charge in [0.2, 0.25) is 0 Å². The molecule has 21 heavy (non-hydrogen) atoms. The van der Waals surface area contributed by atoms with Gasteiger partial charge in [0, 0.05) is 13.5 Å². The molecule has 0 amide bonds. The lowest BCUT2D eigenvalue weighted by atomic mass is 10.1. The number of aromatic nitrogens is 2. The van der Waals surface area contributed by atoms with Crippen molar-refractivity contribution < 1.29 is 9.47 Å². The number of nitrogens with two attached hydrogens (primary N) is 1. The van der Waals surface area contributed by atoms with Crippen LogP contribution in [-0.4, -0.2) is 23.5 Å². The Morgan fingerprint density at radius 1 is 1.43 bits per heavy atom. The summed E-state index contributed by atoms with van der Waals surface area (Å²) < 4.78 is 12.8. The van der Waals surface area contributed by atoms with Crippen LogP contribution in [0, 0.1) is 6.92 Å². The second-order valence-corrected chi connectivity index (χ2v) is 4.89. The number of nitrogens with zero attached hydrogens (tertiary/aromatic N) is 2. The van der Waals surface area contributed by atoms with Gasteiger partial charge in [-0.3, -0.25) is 16.0 Å². The van der Waals surface area contributed by atoms with Crippen molar-refractivity contribution in [3.8, 4) is 11.5 Å². The van der Waals surface area contributed by atoms with Gasteiger partial charge >= 0.3 is 0 Å². The zero-order valence-electron chi connectivity index (χ0n) is 12.7. The highest BCUT2D eigenvalue weighted by Crippen LogP contribution is 2.26. The Morgan fingerprint density at radius 2 is 2.24 bits per heavy atom. The van der Waals surface area contributed by atoms with E-state index in [2.05, 4.69) is 10.5 Å². The average Bonchev–Trinajstić information content (AvgIpc) is 2.85. The third-order valence-electron chi connectivity index (χ3n) is 3.37. The highest BCUT2D eigenvalue weighted by Gasteiger charge is 2.19. The van der Waals surface area contributed by atoms with Crippen molar-refractivity contribution in [2.45, 2.75) is 19.4 Å². The zero-order valence-corrected chi connectivity index (χ0v) is 12.7. The standard InChI is InChI=1S/C15H22N4O2/c1-11-5-4-6-12(9-11)21-8-7-13(18-16)15-14(20-3)10-17-19(15)2/h4-6,9-10,13,18H,7-8,16H2,1-3H3. The molecule has 2 rings (SSSR count). The van der Waals surface area contributed by atoms with Crippen LogP contribution in [0.3, 0.4) is 0 Å². The Morgan fingerprint density at radius 3 is 2.90 bits per heavy atom. The van der Waals surface area contributed by atoms with Crippen molar-refractivity contribution in [2.75, 3.05) is 13.7 Å². The first-order chi connectivity index (χ1) is 10.2. The van der Waals surface area contributed by atoms with Crippen LogP contribution in [0.25, 0.3) is 0 Å². The molecule has 6 nitrogen and oxygen atoms in total. The summed E-state index contributed by atoms with van der Waals surface area (Å²) in [5.74, 6) is 7.24. The summed E-state index contributed by atoms with van der Waals surface area (Å²) in [7, 11) is 3.49. The summed E-state index contributed by atoms with van der Waals surface area (Å²) in [6, 6.07) is 7.89. The normalized spacial score (nSPS) is 12.2. The SMILES string of the molecule is COc1cnn(C)c1C(CCOc1cccc(C)c1)NN. The van der Waals surface area contributed by atoms with Crippen LogP contribution in [0.5, 0.6) is 11.5 Å². The molecular formula is C15H22N4O2. The molecule has 1 unspecified atom stereocenters. The van der Waals surface area contributed by atoms with Crippen molar-refractivity contribution in [3.63, 3.8) is 0 Å². The van der Waals surface area contributed by atoms with Gasteiger partial charge in [-0.25, -0.2) is 0 Å². The predicted molar refractivity (Wildman–Crippen MR) is 81.1 cm³/mol. The fourth-order valence-electron chi connectivity index (χ4n) is 2.28. The number of ether oxygens (including phenoxy) is 2. The summed E-state index contributed by atoms with van der Waals surface area (Å²) in [6.45, 7) is 2.59. The van der Waals surface area contributed by atoms with Gasteiger partial charge in [-0.2, -0.15) is 5.10 Å². The van der Waals surface area contributed by atoms with E-state index in [0.29, 0.717) is 13.0 Å². The number of hydrogen-bond donors (Lipinski definition) is 2. The number of hydrazine groups is 1. The Balaban J connectivity index is 1.98. The Labute approximate surface area is 124 Å². The smallest absolute Gasteiger partial charge is 0.161 e. The first kappa shape index (κ1) is 15.3. The van der Waals surface area contributed by atoms with E-state index in [9.17, 15) is 0 Å². The zero-order chi connectivity index (χ0) is 15.2. The van der Waals surface area contributed by atoms with Gasteiger partial charge in [0.25, 0.3) is 0 Å². The molecule has 0 radical (unpaired) electrons. The van der Waals surface area contributed by atoms with Crippen LogP contribution in [0.4, 0.5) is 0 Å². The molecule has 114 valence electrons. The van der Waals surface area contributed by atoms with Gasteiger partial charge in [0.05, 0.1) is 31.6 Å². The highest BCUT2D eigenvalue weighted by molar-refractivity contribution is 5.29. The summed E-state index contributed by atoms with van der Waals surface area (Å²) in [6.07, 6.45) is 2.39. The lowest BCUT2D eigenvalue weighted by Gasteiger charge is -2.18. The largest absolute Gasteiger partial charge is 0.494 e. The number of benzene rings is 1. The first-order valence-corrected chi connectivity index (χ1v) is 6.87. The molecule has 1 atom stereocenters. The molecule has 0 fully saturated rings. The average molecular weight is 290 g/mol. The van der Waals surface area contributed by atoms with Gasteiger partial charge in [-0.15, -0.1) is 0 Å². The van der Waals surface area contributed by atoms with E-state index in [0.717, 1.165) is 17.2 Å². The second kappa shape index (κ2) is 7.10. The third kappa shape index (κ3) is 3.74. The second-order valence-electron chi connectivity index (χ2n) is 4.89. The molecule has 6 heteroatoms. The van der Waals surface area contributed by atoms with Crippen LogP contribution in [0.2, 0.25) is 0 Å². The van der Waals surface area contributed by atoms with Gasteiger partial charge in [0.1, 0.15) is 5.75 Å². The molecule has 0 spiro atoms. The van der Waals surface area contributed by atoms with E-state index in [1.807, 2.05) is 38.2 Å². The van der Waals surface area contributed by atoms with Gasteiger partial charge in [0.15, 0.2) is 5.75 Å². The van der Waals surface area contributed by atoms with Crippen LogP contribution in [0.1, 0.15) is 23.7 Å². The summed E-state index contributed by atoms with van der Waals surface area (Å²) in [5.41, 5.74) is 4.88. The molecule has 0 aliphatic rings. The minimum absolute atomic E-state index is 0.0859. The van der Waals surface area contributed by atoms with Gasteiger partial charge in [-0.05, 0) is 24.6 Å². The first-order valence-electron chi connectivity index (χ1n) is 6.87. The van der Waals surface area contributed by atoms with Crippen LogP contribution in [-0.2, 0) is 7.05 Å². The highest BCUT2D eigenvalue weighted by atomic mass is 16.5. The minimum Gasteiger partial charge on any atom is -0.494 e. The van der Waals surface area contributed by atoms with E-state index >= 15 is 0 Å². The van der Waals surface area contributed by atoms with Crippen LogP contribution in [0.15, 0.2) is 30.5 Å². The molecule has 0 bridgehead atoms. The van der Waals surface area contributed by atoms with Crippen molar-refractivity contribution in [1.82, 2.24) is 15.2 Å². The van der Waals surface area contributed by atoms with Crippen LogP contribution < -0.4 is 20.7 Å². The third-order valence-corrected chi connectivity index (χ3v) is 3.37. The van der Waals surface area contributed by atoms with E-state index in [-0.39, 0.29) is 6.04 Å². The summed E-state index contributed by atoms with van der Waals surface area (Å²) in [5, 5.41) is 4.19. The van der Waals surface area contributed by atoms with Crippen molar-refractivity contribution in [3.05, 3.63) is 41.7 Å².